The third-order valence-electron chi connectivity index (χ3n) is 6.82. The van der Waals surface area contributed by atoms with Gasteiger partial charge in [0.05, 0.1) is 33.9 Å². The SMILES string of the molecule is COc1cc([C@@H]2C(C)c3cc4c(cc3C[C@H]3COC(=O)[C@H]32)OCO4)cc(OC)c1OC. The van der Waals surface area contributed by atoms with E-state index in [-0.39, 0.29) is 36.4 Å². The van der Waals surface area contributed by atoms with E-state index in [0.717, 1.165) is 23.5 Å². The van der Waals surface area contributed by atoms with E-state index < -0.39 is 0 Å². The number of ether oxygens (including phenoxy) is 6. The molecule has 0 bridgehead atoms. The van der Waals surface area contributed by atoms with Crippen LogP contribution in [-0.2, 0) is 16.0 Å². The van der Waals surface area contributed by atoms with Crippen LogP contribution >= 0.6 is 0 Å². The van der Waals surface area contributed by atoms with Crippen molar-refractivity contribution in [2.75, 3.05) is 34.7 Å². The molecule has 0 amide bonds. The van der Waals surface area contributed by atoms with Crippen molar-refractivity contribution in [1.82, 2.24) is 0 Å². The lowest BCUT2D eigenvalue weighted by Crippen LogP contribution is -2.26. The monoisotopic (exact) mass is 426 g/mol. The molecular weight excluding hydrogens is 400 g/mol. The van der Waals surface area contributed by atoms with Gasteiger partial charge in [0, 0.05) is 11.8 Å². The molecule has 164 valence electrons. The van der Waals surface area contributed by atoms with Gasteiger partial charge >= 0.3 is 5.97 Å². The van der Waals surface area contributed by atoms with Gasteiger partial charge in [-0.3, -0.25) is 4.79 Å². The Morgan fingerprint density at radius 1 is 0.871 bits per heavy atom. The average molecular weight is 426 g/mol. The van der Waals surface area contributed by atoms with E-state index in [1.165, 1.54) is 11.1 Å². The molecular formula is C24H26O7. The molecule has 2 heterocycles. The lowest BCUT2D eigenvalue weighted by molar-refractivity contribution is -0.142. The molecule has 2 aromatic rings. The Labute approximate surface area is 181 Å². The van der Waals surface area contributed by atoms with Gasteiger partial charge in [-0.25, -0.2) is 0 Å². The molecule has 0 radical (unpaired) electrons. The van der Waals surface area contributed by atoms with Crippen LogP contribution in [0.25, 0.3) is 0 Å². The predicted octanol–water partition coefficient (Wildman–Crippen LogP) is 3.67. The zero-order valence-corrected chi connectivity index (χ0v) is 18.1. The van der Waals surface area contributed by atoms with Crippen molar-refractivity contribution in [2.24, 2.45) is 11.8 Å². The Hall–Kier alpha value is -3.09. The third-order valence-corrected chi connectivity index (χ3v) is 6.82. The number of carbonyl (C=O) groups is 1. The average Bonchev–Trinajstić information content (AvgIpc) is 3.36. The van der Waals surface area contributed by atoms with Gasteiger partial charge in [0.2, 0.25) is 12.5 Å². The van der Waals surface area contributed by atoms with Gasteiger partial charge in [0.1, 0.15) is 0 Å². The van der Waals surface area contributed by atoms with E-state index in [1.54, 1.807) is 21.3 Å². The highest BCUT2D eigenvalue weighted by Gasteiger charge is 2.48. The summed E-state index contributed by atoms with van der Waals surface area (Å²) in [5, 5.41) is 0. The summed E-state index contributed by atoms with van der Waals surface area (Å²) in [6, 6.07) is 8.03. The summed E-state index contributed by atoms with van der Waals surface area (Å²) in [7, 11) is 4.78. The fourth-order valence-corrected chi connectivity index (χ4v) is 5.38. The maximum Gasteiger partial charge on any atom is 0.310 e. The second kappa shape index (κ2) is 7.55. The van der Waals surface area contributed by atoms with E-state index >= 15 is 0 Å². The highest BCUT2D eigenvalue weighted by Crippen LogP contribution is 2.53. The Morgan fingerprint density at radius 2 is 1.55 bits per heavy atom. The fourth-order valence-electron chi connectivity index (χ4n) is 5.38. The van der Waals surface area contributed by atoms with Crippen LogP contribution in [0, 0.1) is 11.8 Å². The van der Waals surface area contributed by atoms with Gasteiger partial charge in [-0.05, 0) is 53.3 Å². The number of fused-ring (bicyclic) bond motifs is 3. The molecule has 7 nitrogen and oxygen atoms in total. The number of carbonyl (C=O) groups excluding carboxylic acids is 1. The Morgan fingerprint density at radius 3 is 2.19 bits per heavy atom. The van der Waals surface area contributed by atoms with Crippen LogP contribution in [0.1, 0.15) is 35.4 Å². The van der Waals surface area contributed by atoms with Gasteiger partial charge in [-0.1, -0.05) is 6.92 Å². The molecule has 5 rings (SSSR count). The first-order valence-electron chi connectivity index (χ1n) is 10.4. The van der Waals surface area contributed by atoms with Crippen LogP contribution in [0.3, 0.4) is 0 Å². The normalized spacial score (nSPS) is 25.9. The first kappa shape index (κ1) is 19.8. The van der Waals surface area contributed by atoms with Crippen LogP contribution in [0.5, 0.6) is 28.7 Å². The Kier molecular flexibility index (Phi) is 4.84. The van der Waals surface area contributed by atoms with Crippen molar-refractivity contribution in [2.45, 2.75) is 25.2 Å². The van der Waals surface area contributed by atoms with E-state index in [0.29, 0.717) is 23.9 Å². The van der Waals surface area contributed by atoms with Crippen molar-refractivity contribution >= 4 is 5.97 Å². The summed E-state index contributed by atoms with van der Waals surface area (Å²) < 4.78 is 33.5. The standard InChI is InChI=1S/C24H26O7/c1-12-16-9-18-17(30-11-31-18)6-13(16)5-15-10-29-24(25)22(15)21(12)14-7-19(26-2)23(28-4)20(8-14)27-3/h6-9,12,15,21-22H,5,10-11H2,1-4H3/t12?,15-,21-,22+/m0/s1. The van der Waals surface area contributed by atoms with Crippen molar-refractivity contribution < 1.29 is 33.2 Å². The maximum absolute atomic E-state index is 12.9. The summed E-state index contributed by atoms with van der Waals surface area (Å²) in [4.78, 5) is 12.9. The predicted molar refractivity (Wildman–Crippen MR) is 111 cm³/mol. The minimum Gasteiger partial charge on any atom is -0.493 e. The smallest absolute Gasteiger partial charge is 0.310 e. The Balaban J connectivity index is 1.68. The van der Waals surface area contributed by atoms with Crippen molar-refractivity contribution in [3.05, 3.63) is 41.0 Å². The zero-order chi connectivity index (χ0) is 21.7. The van der Waals surface area contributed by atoms with Crippen molar-refractivity contribution in [3.8, 4) is 28.7 Å². The summed E-state index contributed by atoms with van der Waals surface area (Å²) in [6.07, 6.45) is 0.758. The van der Waals surface area contributed by atoms with Crippen LogP contribution in [0.15, 0.2) is 24.3 Å². The van der Waals surface area contributed by atoms with E-state index in [1.807, 2.05) is 12.1 Å². The van der Waals surface area contributed by atoms with Crippen molar-refractivity contribution in [3.63, 3.8) is 0 Å². The third kappa shape index (κ3) is 3.06. The lowest BCUT2D eigenvalue weighted by Gasteiger charge is -2.29. The molecule has 1 unspecified atom stereocenters. The molecule has 1 aliphatic carbocycles. The molecule has 7 heteroatoms. The molecule has 31 heavy (non-hydrogen) atoms. The zero-order valence-electron chi connectivity index (χ0n) is 18.1. The van der Waals surface area contributed by atoms with Crippen LogP contribution in [-0.4, -0.2) is 40.7 Å². The number of hydrogen-bond donors (Lipinski definition) is 0. The summed E-state index contributed by atoms with van der Waals surface area (Å²) in [6.45, 7) is 2.81. The van der Waals surface area contributed by atoms with Crippen LogP contribution < -0.4 is 23.7 Å². The molecule has 0 saturated carbocycles. The summed E-state index contributed by atoms with van der Waals surface area (Å²) in [5.41, 5.74) is 3.31. The Bertz CT molecular complexity index is 1010. The number of rotatable bonds is 4. The molecule has 4 atom stereocenters. The lowest BCUT2D eigenvalue weighted by atomic mass is 9.73. The second-order valence-electron chi connectivity index (χ2n) is 8.30. The van der Waals surface area contributed by atoms with E-state index in [2.05, 4.69) is 19.1 Å². The first-order chi connectivity index (χ1) is 15.0. The highest BCUT2D eigenvalue weighted by atomic mass is 16.7. The van der Waals surface area contributed by atoms with E-state index in [4.69, 9.17) is 28.4 Å². The molecule has 2 aromatic carbocycles. The van der Waals surface area contributed by atoms with Gasteiger partial charge in [0.15, 0.2) is 23.0 Å². The minimum absolute atomic E-state index is 0.0351. The first-order valence-corrected chi connectivity index (χ1v) is 10.4. The maximum atomic E-state index is 12.9. The van der Waals surface area contributed by atoms with Crippen LogP contribution in [0.2, 0.25) is 0 Å². The van der Waals surface area contributed by atoms with Crippen LogP contribution in [0.4, 0.5) is 0 Å². The summed E-state index contributed by atoms with van der Waals surface area (Å²) >= 11 is 0. The number of benzene rings is 2. The molecule has 3 aliphatic rings. The quantitative estimate of drug-likeness (QED) is 0.691. The molecule has 0 aromatic heterocycles. The number of methoxy groups -OCH3 is 3. The topological polar surface area (TPSA) is 72.5 Å². The van der Waals surface area contributed by atoms with Gasteiger partial charge in [-0.15, -0.1) is 0 Å². The minimum atomic E-state index is -0.262. The largest absolute Gasteiger partial charge is 0.493 e. The number of esters is 1. The highest BCUT2D eigenvalue weighted by molar-refractivity contribution is 5.77. The van der Waals surface area contributed by atoms with E-state index in [9.17, 15) is 4.79 Å². The second-order valence-corrected chi connectivity index (χ2v) is 8.30. The van der Waals surface area contributed by atoms with Gasteiger partial charge < -0.3 is 28.4 Å². The molecule has 0 N–H and O–H groups in total. The summed E-state index contributed by atoms with van der Waals surface area (Å²) in [5.74, 6) is 2.78. The molecule has 1 saturated heterocycles. The number of hydrogen-bond acceptors (Lipinski definition) is 7. The molecule has 1 fully saturated rings. The molecule has 0 spiro atoms. The molecule has 2 aliphatic heterocycles. The van der Waals surface area contributed by atoms with Gasteiger partial charge in [-0.2, -0.15) is 0 Å². The number of cyclic esters (lactones) is 1. The van der Waals surface area contributed by atoms with Gasteiger partial charge in [0.25, 0.3) is 0 Å². The van der Waals surface area contributed by atoms with Crippen molar-refractivity contribution in [1.29, 1.82) is 0 Å². The fraction of sp³-hybridized carbons (Fsp3) is 0.458.